The van der Waals surface area contributed by atoms with Gasteiger partial charge in [-0.25, -0.2) is 0 Å². The van der Waals surface area contributed by atoms with Crippen molar-refractivity contribution in [1.82, 2.24) is 0 Å². The number of methoxy groups -OCH3 is 1. The van der Waals surface area contributed by atoms with Gasteiger partial charge in [0.25, 0.3) is 0 Å². The number of esters is 1. The van der Waals surface area contributed by atoms with Crippen molar-refractivity contribution in [3.8, 4) is 34.3 Å². The number of hydrogen-bond donors (Lipinski definition) is 8. The lowest BCUT2D eigenvalue weighted by molar-refractivity contribution is -0.358. The number of aliphatic hydroxyl groups is 6. The Labute approximate surface area is 265 Å². The number of aliphatic hydroxyl groups excluding tert-OH is 6. The zero-order valence-electron chi connectivity index (χ0n) is 24.9. The molecule has 3 heterocycles. The molecule has 10 atom stereocenters. The summed E-state index contributed by atoms with van der Waals surface area (Å²) in [6.45, 7) is -0.203. The van der Waals surface area contributed by atoms with Crippen LogP contribution in [0.25, 0.3) is 22.3 Å². The molecule has 8 N–H and O–H groups in total. The van der Waals surface area contributed by atoms with Gasteiger partial charge in [-0.3, -0.25) is 9.59 Å². The molecule has 0 radical (unpaired) electrons. The molecule has 0 aliphatic carbocycles. The molecule has 0 spiro atoms. The standard InChI is InChI=1S/C30H34O17/c1-11(32)42-10-21-24(37)25(38)27(40)29(46-21)47-28-26(39)23(36)20(9-31)45-30(28)43-13-6-15(34)22-16(35)8-17(44-19(22)7-13)12-3-4-14(33)18(5-12)41-2/h3-8,20-21,23-31,33-34,36-40H,9-10H2,1-2H3/t20-,21-,23-,24-,25-,26+,27-,28-,29+,30-/m1/s1. The minimum absolute atomic E-state index is 0.0406. The fourth-order valence-corrected chi connectivity index (χ4v) is 5.24. The number of ether oxygens (including phenoxy) is 6. The van der Waals surface area contributed by atoms with E-state index in [2.05, 4.69) is 0 Å². The van der Waals surface area contributed by atoms with E-state index >= 15 is 0 Å². The minimum atomic E-state index is -1.91. The van der Waals surface area contributed by atoms with Crippen LogP contribution < -0.4 is 14.9 Å². The van der Waals surface area contributed by atoms with Crippen molar-refractivity contribution in [3.63, 3.8) is 0 Å². The summed E-state index contributed by atoms with van der Waals surface area (Å²) in [5.74, 6) is -1.49. The number of fused-ring (bicyclic) bond motifs is 1. The molecular formula is C30H34O17. The third-order valence-corrected chi connectivity index (χ3v) is 7.74. The molecule has 2 aromatic carbocycles. The molecule has 2 saturated heterocycles. The SMILES string of the molecule is COc1cc(-c2cc(=O)c3c(O)cc(O[C@@H]4O[C@H](CO)[C@@H](O)[C@H](O)[C@H]4O[C@@H]4O[C@H](COC(C)=O)[C@@H](O)[C@@H](O)[C@H]4O)cc3o2)ccc1O. The summed E-state index contributed by atoms with van der Waals surface area (Å²) in [5, 5.41) is 83.0. The number of phenolic OH excluding ortho intramolecular Hbond substituents is 2. The van der Waals surface area contributed by atoms with E-state index in [1.54, 1.807) is 0 Å². The van der Waals surface area contributed by atoms with E-state index in [9.17, 15) is 50.4 Å². The summed E-state index contributed by atoms with van der Waals surface area (Å²) in [5.41, 5.74) is -0.431. The lowest BCUT2D eigenvalue weighted by Crippen LogP contribution is -2.65. The fourth-order valence-electron chi connectivity index (χ4n) is 5.24. The zero-order chi connectivity index (χ0) is 34.2. The summed E-state index contributed by atoms with van der Waals surface area (Å²) in [6, 6.07) is 7.60. The van der Waals surface area contributed by atoms with Gasteiger partial charge in [0, 0.05) is 30.7 Å². The van der Waals surface area contributed by atoms with Crippen molar-refractivity contribution >= 4 is 16.9 Å². The van der Waals surface area contributed by atoms with E-state index in [1.807, 2.05) is 0 Å². The summed E-state index contributed by atoms with van der Waals surface area (Å²) >= 11 is 0. The smallest absolute Gasteiger partial charge is 0.302 e. The van der Waals surface area contributed by atoms with Gasteiger partial charge in [-0.1, -0.05) is 0 Å². The molecule has 2 aliphatic heterocycles. The molecule has 0 bridgehead atoms. The van der Waals surface area contributed by atoms with E-state index in [4.69, 9.17) is 32.8 Å². The maximum absolute atomic E-state index is 13.0. The maximum atomic E-state index is 13.0. The van der Waals surface area contributed by atoms with Crippen LogP contribution in [-0.4, -0.2) is 129 Å². The molecule has 1 aromatic heterocycles. The second-order valence-electron chi connectivity index (χ2n) is 10.9. The van der Waals surface area contributed by atoms with Crippen LogP contribution in [0.15, 0.2) is 45.6 Å². The van der Waals surface area contributed by atoms with Crippen molar-refractivity contribution in [2.45, 2.75) is 68.3 Å². The Morgan fingerprint density at radius 1 is 0.851 bits per heavy atom. The van der Waals surface area contributed by atoms with Gasteiger partial charge in [0.15, 0.2) is 29.3 Å². The van der Waals surface area contributed by atoms with E-state index in [1.165, 1.54) is 31.4 Å². The Kier molecular flexibility index (Phi) is 10.2. The van der Waals surface area contributed by atoms with Gasteiger partial charge in [-0.2, -0.15) is 0 Å². The monoisotopic (exact) mass is 666 g/mol. The van der Waals surface area contributed by atoms with Crippen LogP contribution in [0.3, 0.4) is 0 Å². The Balaban J connectivity index is 1.46. The largest absolute Gasteiger partial charge is 0.507 e. The predicted octanol–water partition coefficient (Wildman–Crippen LogP) is -1.55. The zero-order valence-corrected chi connectivity index (χ0v) is 24.9. The van der Waals surface area contributed by atoms with Crippen molar-refractivity contribution in [1.29, 1.82) is 0 Å². The molecule has 256 valence electrons. The van der Waals surface area contributed by atoms with Crippen LogP contribution in [0, 0.1) is 0 Å². The molecule has 17 heteroatoms. The highest BCUT2D eigenvalue weighted by atomic mass is 16.8. The van der Waals surface area contributed by atoms with Crippen LogP contribution in [0.5, 0.6) is 23.0 Å². The normalized spacial score (nSPS) is 31.0. The van der Waals surface area contributed by atoms with Gasteiger partial charge in [0.2, 0.25) is 6.29 Å². The highest BCUT2D eigenvalue weighted by Crippen LogP contribution is 2.36. The van der Waals surface area contributed by atoms with Crippen LogP contribution in [0.2, 0.25) is 0 Å². The van der Waals surface area contributed by atoms with Crippen LogP contribution >= 0.6 is 0 Å². The van der Waals surface area contributed by atoms with Crippen molar-refractivity contribution in [2.24, 2.45) is 0 Å². The summed E-state index contributed by atoms with van der Waals surface area (Å²) in [7, 11) is 1.34. The Hall–Kier alpha value is -4.04. The van der Waals surface area contributed by atoms with Crippen molar-refractivity contribution in [3.05, 3.63) is 46.6 Å². The average molecular weight is 667 g/mol. The summed E-state index contributed by atoms with van der Waals surface area (Å²) < 4.78 is 38.5. The molecule has 0 saturated carbocycles. The highest BCUT2D eigenvalue weighted by molar-refractivity contribution is 5.86. The van der Waals surface area contributed by atoms with Crippen LogP contribution in [0.4, 0.5) is 0 Å². The van der Waals surface area contributed by atoms with Crippen molar-refractivity contribution in [2.75, 3.05) is 20.3 Å². The Morgan fingerprint density at radius 2 is 1.55 bits per heavy atom. The second-order valence-corrected chi connectivity index (χ2v) is 10.9. The highest BCUT2D eigenvalue weighted by Gasteiger charge is 2.51. The van der Waals surface area contributed by atoms with Gasteiger partial charge in [-0.05, 0) is 18.2 Å². The van der Waals surface area contributed by atoms with Crippen LogP contribution in [-0.2, 0) is 23.7 Å². The maximum Gasteiger partial charge on any atom is 0.302 e. The third-order valence-electron chi connectivity index (χ3n) is 7.74. The molecule has 47 heavy (non-hydrogen) atoms. The Morgan fingerprint density at radius 3 is 2.23 bits per heavy atom. The molecule has 3 aromatic rings. The number of benzene rings is 2. The quantitative estimate of drug-likeness (QED) is 0.120. The van der Waals surface area contributed by atoms with E-state index < -0.39 is 91.8 Å². The first-order valence-corrected chi connectivity index (χ1v) is 14.3. The minimum Gasteiger partial charge on any atom is -0.507 e. The van der Waals surface area contributed by atoms with Gasteiger partial charge in [-0.15, -0.1) is 0 Å². The van der Waals surface area contributed by atoms with E-state index in [0.717, 1.165) is 19.1 Å². The Bertz CT molecular complexity index is 1640. The van der Waals surface area contributed by atoms with Gasteiger partial charge in [0.05, 0.1) is 13.7 Å². The van der Waals surface area contributed by atoms with Crippen LogP contribution in [0.1, 0.15) is 6.92 Å². The molecule has 0 unspecified atom stereocenters. The lowest BCUT2D eigenvalue weighted by atomic mass is 9.97. The molecular weight excluding hydrogens is 632 g/mol. The lowest BCUT2D eigenvalue weighted by Gasteiger charge is -2.45. The number of rotatable bonds is 9. The predicted molar refractivity (Wildman–Crippen MR) is 154 cm³/mol. The van der Waals surface area contributed by atoms with Gasteiger partial charge < -0.3 is 73.7 Å². The molecule has 2 aliphatic rings. The van der Waals surface area contributed by atoms with Gasteiger partial charge >= 0.3 is 5.97 Å². The summed E-state index contributed by atoms with van der Waals surface area (Å²) in [4.78, 5) is 24.2. The topological polar surface area (TPSA) is 264 Å². The number of aromatic hydroxyl groups is 2. The average Bonchev–Trinajstić information content (AvgIpc) is 3.03. The molecule has 0 amide bonds. The molecule has 5 rings (SSSR count). The first-order valence-electron chi connectivity index (χ1n) is 14.3. The number of carbonyl (C=O) groups is 1. The number of phenols is 2. The van der Waals surface area contributed by atoms with E-state index in [0.29, 0.717) is 5.56 Å². The fraction of sp³-hybridized carbons (Fsp3) is 0.467. The first-order chi connectivity index (χ1) is 22.3. The third kappa shape index (κ3) is 6.98. The van der Waals surface area contributed by atoms with E-state index in [-0.39, 0.29) is 34.0 Å². The number of hydrogen-bond acceptors (Lipinski definition) is 17. The number of carbonyl (C=O) groups excluding carboxylic acids is 1. The van der Waals surface area contributed by atoms with Crippen molar-refractivity contribution < 1.29 is 78.5 Å². The second kappa shape index (κ2) is 14.0. The molecule has 17 nitrogen and oxygen atoms in total. The summed E-state index contributed by atoms with van der Waals surface area (Å²) in [6.07, 6.45) is -17.1. The van der Waals surface area contributed by atoms with Gasteiger partial charge in [0.1, 0.15) is 77.6 Å². The molecule has 2 fully saturated rings. The first kappa shape index (κ1) is 34.3.